The zero-order chi connectivity index (χ0) is 9.68. The molecule has 0 aromatic heterocycles. The van der Waals surface area contributed by atoms with E-state index in [1.807, 2.05) is 0 Å². The Kier molecular flexibility index (Phi) is 4.74. The van der Waals surface area contributed by atoms with Gasteiger partial charge in [0.05, 0.1) is 0 Å². The maximum atomic E-state index is 5.84. The van der Waals surface area contributed by atoms with Crippen molar-refractivity contribution in [3.05, 3.63) is 0 Å². The molecule has 2 nitrogen and oxygen atoms in total. The summed E-state index contributed by atoms with van der Waals surface area (Å²) in [6.07, 6.45) is 5.30. The van der Waals surface area contributed by atoms with Gasteiger partial charge < -0.3 is 10.6 Å². The molecule has 0 aromatic carbocycles. The van der Waals surface area contributed by atoms with Crippen LogP contribution in [0.1, 0.15) is 39.5 Å². The van der Waals surface area contributed by atoms with E-state index in [9.17, 15) is 0 Å². The third-order valence-electron chi connectivity index (χ3n) is 2.81. The summed E-state index contributed by atoms with van der Waals surface area (Å²) in [7, 11) is 0. The Labute approximate surface area is 82.5 Å². The van der Waals surface area contributed by atoms with Gasteiger partial charge in [-0.05, 0) is 31.8 Å². The van der Waals surface area contributed by atoms with Crippen molar-refractivity contribution in [1.29, 1.82) is 0 Å². The number of unbranched alkanes of at least 4 members (excludes halogenated alkanes) is 1. The lowest BCUT2D eigenvalue weighted by molar-refractivity contribution is 0.321. The molecule has 0 saturated carbocycles. The first kappa shape index (κ1) is 11.0. The summed E-state index contributed by atoms with van der Waals surface area (Å²) in [5.74, 6) is 0.862. The molecule has 1 atom stereocenters. The van der Waals surface area contributed by atoms with E-state index >= 15 is 0 Å². The van der Waals surface area contributed by atoms with E-state index in [-0.39, 0.29) is 0 Å². The zero-order valence-electron chi connectivity index (χ0n) is 9.13. The van der Waals surface area contributed by atoms with Crippen LogP contribution in [0.4, 0.5) is 0 Å². The lowest BCUT2D eigenvalue weighted by atomic mass is 10.1. The molecule has 13 heavy (non-hydrogen) atoms. The second kappa shape index (κ2) is 5.61. The molecule has 1 fully saturated rings. The highest BCUT2D eigenvalue weighted by Gasteiger charge is 2.17. The Morgan fingerprint density at radius 2 is 2.15 bits per heavy atom. The Bertz CT molecular complexity index is 134. The van der Waals surface area contributed by atoms with Crippen molar-refractivity contribution >= 4 is 0 Å². The number of rotatable bonds is 5. The van der Waals surface area contributed by atoms with Crippen LogP contribution in [-0.4, -0.2) is 30.6 Å². The third-order valence-corrected chi connectivity index (χ3v) is 2.81. The van der Waals surface area contributed by atoms with Crippen molar-refractivity contribution in [3.8, 4) is 0 Å². The molecule has 1 heterocycles. The van der Waals surface area contributed by atoms with Gasteiger partial charge in [-0.1, -0.05) is 26.7 Å². The van der Waals surface area contributed by atoms with Crippen LogP contribution >= 0.6 is 0 Å². The summed E-state index contributed by atoms with van der Waals surface area (Å²) in [6, 6.07) is 0.449. The van der Waals surface area contributed by atoms with Crippen LogP contribution in [0.5, 0.6) is 0 Å². The fourth-order valence-corrected chi connectivity index (χ4v) is 1.95. The topological polar surface area (TPSA) is 29.3 Å². The number of hydrogen-bond donors (Lipinski definition) is 1. The smallest absolute Gasteiger partial charge is 0.0180 e. The van der Waals surface area contributed by atoms with Gasteiger partial charge in [0.15, 0.2) is 0 Å². The number of hydrogen-bond acceptors (Lipinski definition) is 2. The standard InChI is InChI=1S/C11H24N2/c1-10(2)5-3-4-7-13-8-6-11(12)9-13/h10-11H,3-9,12H2,1-2H3. The fourth-order valence-electron chi connectivity index (χ4n) is 1.95. The number of nitrogens with two attached hydrogens (primary N) is 1. The van der Waals surface area contributed by atoms with Crippen molar-refractivity contribution in [2.45, 2.75) is 45.6 Å². The second-order valence-corrected chi connectivity index (χ2v) is 4.74. The zero-order valence-corrected chi connectivity index (χ0v) is 9.13. The molecular formula is C11H24N2. The molecule has 0 amide bonds. The molecule has 0 aliphatic carbocycles. The Morgan fingerprint density at radius 3 is 2.69 bits per heavy atom. The number of nitrogens with zero attached hydrogens (tertiary/aromatic N) is 1. The van der Waals surface area contributed by atoms with Gasteiger partial charge in [0.25, 0.3) is 0 Å². The summed E-state index contributed by atoms with van der Waals surface area (Å²) in [5.41, 5.74) is 5.84. The van der Waals surface area contributed by atoms with Crippen molar-refractivity contribution in [2.75, 3.05) is 19.6 Å². The minimum Gasteiger partial charge on any atom is -0.326 e. The van der Waals surface area contributed by atoms with Gasteiger partial charge in [-0.3, -0.25) is 0 Å². The molecule has 0 bridgehead atoms. The minimum atomic E-state index is 0.449. The molecule has 1 aliphatic rings. The van der Waals surface area contributed by atoms with Crippen molar-refractivity contribution in [1.82, 2.24) is 4.90 Å². The van der Waals surface area contributed by atoms with Gasteiger partial charge in [-0.2, -0.15) is 0 Å². The van der Waals surface area contributed by atoms with Gasteiger partial charge in [0.2, 0.25) is 0 Å². The van der Waals surface area contributed by atoms with Crippen LogP contribution in [0.15, 0.2) is 0 Å². The van der Waals surface area contributed by atoms with Crippen molar-refractivity contribution in [3.63, 3.8) is 0 Å². The van der Waals surface area contributed by atoms with Crippen LogP contribution < -0.4 is 5.73 Å². The van der Waals surface area contributed by atoms with Crippen LogP contribution in [0.2, 0.25) is 0 Å². The summed E-state index contributed by atoms with van der Waals surface area (Å²) < 4.78 is 0. The maximum absolute atomic E-state index is 5.84. The Hall–Kier alpha value is -0.0800. The monoisotopic (exact) mass is 184 g/mol. The molecule has 0 radical (unpaired) electrons. The molecule has 1 rings (SSSR count). The van der Waals surface area contributed by atoms with Gasteiger partial charge in [-0.15, -0.1) is 0 Å². The average Bonchev–Trinajstić information content (AvgIpc) is 2.45. The lowest BCUT2D eigenvalue weighted by Gasteiger charge is -2.14. The van der Waals surface area contributed by atoms with Crippen molar-refractivity contribution < 1.29 is 0 Å². The predicted molar refractivity (Wildman–Crippen MR) is 57.7 cm³/mol. The van der Waals surface area contributed by atoms with Gasteiger partial charge >= 0.3 is 0 Å². The summed E-state index contributed by atoms with van der Waals surface area (Å²) >= 11 is 0. The highest BCUT2D eigenvalue weighted by atomic mass is 15.2. The molecule has 1 aliphatic heterocycles. The Morgan fingerprint density at radius 1 is 1.38 bits per heavy atom. The van der Waals surface area contributed by atoms with E-state index in [0.29, 0.717) is 6.04 Å². The lowest BCUT2D eigenvalue weighted by Crippen LogP contribution is -2.27. The van der Waals surface area contributed by atoms with Crippen LogP contribution in [-0.2, 0) is 0 Å². The van der Waals surface area contributed by atoms with E-state index < -0.39 is 0 Å². The molecule has 2 N–H and O–H groups in total. The normalized spacial score (nSPS) is 24.5. The molecule has 2 heteroatoms. The Balaban J connectivity index is 1.94. The molecular weight excluding hydrogens is 160 g/mol. The van der Waals surface area contributed by atoms with E-state index in [1.54, 1.807) is 0 Å². The highest BCUT2D eigenvalue weighted by molar-refractivity contribution is 4.77. The number of likely N-dealkylation sites (tertiary alicyclic amines) is 1. The van der Waals surface area contributed by atoms with Crippen LogP contribution in [0, 0.1) is 5.92 Å². The molecule has 0 aromatic rings. The first-order valence-corrected chi connectivity index (χ1v) is 5.66. The highest BCUT2D eigenvalue weighted by Crippen LogP contribution is 2.10. The molecule has 1 saturated heterocycles. The molecule has 1 unspecified atom stereocenters. The SMILES string of the molecule is CC(C)CCCCN1CCC(N)C1. The predicted octanol–water partition coefficient (Wildman–Crippen LogP) is 1.85. The van der Waals surface area contributed by atoms with Gasteiger partial charge in [0.1, 0.15) is 0 Å². The quantitative estimate of drug-likeness (QED) is 0.661. The first-order chi connectivity index (χ1) is 6.18. The van der Waals surface area contributed by atoms with E-state index in [1.165, 1.54) is 38.8 Å². The van der Waals surface area contributed by atoms with Crippen molar-refractivity contribution in [2.24, 2.45) is 11.7 Å². The van der Waals surface area contributed by atoms with Gasteiger partial charge in [-0.25, -0.2) is 0 Å². The average molecular weight is 184 g/mol. The summed E-state index contributed by atoms with van der Waals surface area (Å²) in [5, 5.41) is 0. The molecule has 0 spiro atoms. The van der Waals surface area contributed by atoms with E-state index in [4.69, 9.17) is 5.73 Å². The van der Waals surface area contributed by atoms with Crippen LogP contribution in [0.25, 0.3) is 0 Å². The maximum Gasteiger partial charge on any atom is 0.0180 e. The fraction of sp³-hybridized carbons (Fsp3) is 1.00. The summed E-state index contributed by atoms with van der Waals surface area (Å²) in [4.78, 5) is 2.50. The van der Waals surface area contributed by atoms with Crippen LogP contribution in [0.3, 0.4) is 0 Å². The molecule has 78 valence electrons. The first-order valence-electron chi connectivity index (χ1n) is 5.66. The largest absolute Gasteiger partial charge is 0.326 e. The third kappa shape index (κ3) is 4.63. The van der Waals surface area contributed by atoms with Gasteiger partial charge in [0, 0.05) is 12.6 Å². The van der Waals surface area contributed by atoms with E-state index in [0.717, 1.165) is 12.5 Å². The summed E-state index contributed by atoms with van der Waals surface area (Å²) in [6.45, 7) is 8.21. The second-order valence-electron chi connectivity index (χ2n) is 4.74. The van der Waals surface area contributed by atoms with E-state index in [2.05, 4.69) is 18.7 Å². The minimum absolute atomic E-state index is 0.449.